The molecule has 5 nitrogen and oxygen atoms in total. The summed E-state index contributed by atoms with van der Waals surface area (Å²) >= 11 is 0. The maximum absolute atomic E-state index is 13.2. The number of hydrogen-bond acceptors (Lipinski definition) is 5. The van der Waals surface area contributed by atoms with E-state index in [9.17, 15) is 4.79 Å². The Morgan fingerprint density at radius 1 is 1.00 bits per heavy atom. The fourth-order valence-electron chi connectivity index (χ4n) is 7.28. The smallest absolute Gasteiger partial charge is 0.320 e. The van der Waals surface area contributed by atoms with Crippen molar-refractivity contribution in [2.45, 2.75) is 116 Å². The lowest BCUT2D eigenvalue weighted by molar-refractivity contribution is -0.157. The van der Waals surface area contributed by atoms with Gasteiger partial charge in [0.25, 0.3) is 0 Å². The molecule has 0 bridgehead atoms. The predicted octanol–water partition coefficient (Wildman–Crippen LogP) is 5.08. The number of methoxy groups -OCH3 is 1. The Morgan fingerprint density at radius 2 is 1.78 bits per heavy atom. The lowest BCUT2D eigenvalue weighted by atomic mass is 9.75. The van der Waals surface area contributed by atoms with E-state index in [0.717, 1.165) is 18.9 Å². The van der Waals surface area contributed by atoms with E-state index in [1.165, 1.54) is 70.8 Å². The van der Waals surface area contributed by atoms with Crippen molar-refractivity contribution in [2.75, 3.05) is 26.7 Å². The summed E-state index contributed by atoms with van der Waals surface area (Å²) in [6.07, 6.45) is 14.5. The van der Waals surface area contributed by atoms with Crippen LogP contribution >= 0.6 is 0 Å². The van der Waals surface area contributed by atoms with Crippen molar-refractivity contribution in [3.8, 4) is 0 Å². The fraction of sp³-hybridized carbons (Fsp3) is 0.963. The topological polar surface area (TPSA) is 42.0 Å². The summed E-state index contributed by atoms with van der Waals surface area (Å²) in [5, 5.41) is 0. The van der Waals surface area contributed by atoms with Gasteiger partial charge in [0, 0.05) is 19.7 Å². The summed E-state index contributed by atoms with van der Waals surface area (Å²) in [5.41, 5.74) is 0. The molecule has 0 spiro atoms. The number of carbonyl (C=O) groups excluding carboxylic acids is 1. The number of rotatable bonds is 6. The van der Waals surface area contributed by atoms with Crippen molar-refractivity contribution in [1.29, 1.82) is 0 Å². The summed E-state index contributed by atoms with van der Waals surface area (Å²) in [5.74, 6) is 2.52. The summed E-state index contributed by atoms with van der Waals surface area (Å²) in [6, 6.07) is 0.599. The van der Waals surface area contributed by atoms with Crippen molar-refractivity contribution >= 4 is 5.97 Å². The third kappa shape index (κ3) is 5.70. The monoisotopic (exact) mass is 448 g/mol. The molecule has 0 aromatic rings. The van der Waals surface area contributed by atoms with Gasteiger partial charge >= 0.3 is 5.97 Å². The second-order valence-electron chi connectivity index (χ2n) is 11.7. The zero-order valence-corrected chi connectivity index (χ0v) is 21.1. The van der Waals surface area contributed by atoms with Crippen molar-refractivity contribution in [3.63, 3.8) is 0 Å². The number of nitrogens with zero attached hydrogens (tertiary/aromatic N) is 2. The van der Waals surface area contributed by atoms with Gasteiger partial charge in [0.2, 0.25) is 0 Å². The lowest BCUT2D eigenvalue weighted by Crippen LogP contribution is -2.44. The van der Waals surface area contributed by atoms with E-state index < -0.39 is 0 Å². The molecule has 0 aromatic carbocycles. The van der Waals surface area contributed by atoms with Gasteiger partial charge < -0.3 is 9.47 Å². The first kappa shape index (κ1) is 24.5. The van der Waals surface area contributed by atoms with E-state index in [1.807, 2.05) is 7.11 Å². The van der Waals surface area contributed by atoms with Crippen LogP contribution in [0.2, 0.25) is 0 Å². The molecule has 0 amide bonds. The molecule has 32 heavy (non-hydrogen) atoms. The highest BCUT2D eigenvalue weighted by molar-refractivity contribution is 5.72. The van der Waals surface area contributed by atoms with E-state index in [1.54, 1.807) is 0 Å². The van der Waals surface area contributed by atoms with Crippen LogP contribution in [0.4, 0.5) is 0 Å². The molecule has 2 saturated carbocycles. The minimum atomic E-state index is 0.0164. The summed E-state index contributed by atoms with van der Waals surface area (Å²) in [4.78, 5) is 18.4. The molecule has 5 unspecified atom stereocenters. The van der Waals surface area contributed by atoms with Gasteiger partial charge in [-0.25, -0.2) is 0 Å². The second kappa shape index (κ2) is 11.2. The normalized spacial score (nSPS) is 39.6. The number of carbonyl (C=O) groups is 1. The molecule has 184 valence electrons. The number of ether oxygens (including phenoxy) is 2. The van der Waals surface area contributed by atoms with Crippen molar-refractivity contribution in [2.24, 2.45) is 23.7 Å². The first-order chi connectivity index (χ1) is 15.5. The maximum atomic E-state index is 13.2. The van der Waals surface area contributed by atoms with Crippen LogP contribution in [0.15, 0.2) is 0 Å². The first-order valence-electron chi connectivity index (χ1n) is 13.7. The van der Waals surface area contributed by atoms with Crippen molar-refractivity contribution in [1.82, 2.24) is 9.80 Å². The van der Waals surface area contributed by atoms with Crippen LogP contribution in [0, 0.1) is 23.7 Å². The Hall–Kier alpha value is -0.650. The molecule has 0 N–H and O–H groups in total. The van der Waals surface area contributed by atoms with Gasteiger partial charge in [-0.15, -0.1) is 0 Å². The van der Waals surface area contributed by atoms with Gasteiger partial charge in [0.05, 0.1) is 18.8 Å². The largest absolute Gasteiger partial charge is 0.461 e. The average molecular weight is 449 g/mol. The SMILES string of the molecule is COC1CCC(C2CN(CC(=O)OC3CC(C)CCC3C(C)C)C3CCCCCN23)CC1. The number of esters is 1. The maximum Gasteiger partial charge on any atom is 0.320 e. The Bertz CT molecular complexity index is 604. The van der Waals surface area contributed by atoms with Gasteiger partial charge in [-0.2, -0.15) is 0 Å². The van der Waals surface area contributed by atoms with E-state index in [0.29, 0.717) is 42.6 Å². The van der Waals surface area contributed by atoms with Gasteiger partial charge in [-0.05, 0) is 81.6 Å². The van der Waals surface area contributed by atoms with Gasteiger partial charge in [0.15, 0.2) is 0 Å². The lowest BCUT2D eigenvalue weighted by Gasteiger charge is -2.37. The summed E-state index contributed by atoms with van der Waals surface area (Å²) in [6.45, 7) is 9.59. The zero-order valence-electron chi connectivity index (χ0n) is 21.1. The van der Waals surface area contributed by atoms with Crippen LogP contribution in [0.25, 0.3) is 0 Å². The highest BCUT2D eigenvalue weighted by atomic mass is 16.5. The Kier molecular flexibility index (Phi) is 8.55. The van der Waals surface area contributed by atoms with Crippen LogP contribution in [0.1, 0.15) is 91.4 Å². The third-order valence-corrected chi connectivity index (χ3v) is 9.20. The number of fused-ring (bicyclic) bond motifs is 1. The predicted molar refractivity (Wildman–Crippen MR) is 128 cm³/mol. The molecular weight excluding hydrogens is 400 g/mol. The molecule has 4 rings (SSSR count). The molecule has 2 saturated heterocycles. The number of hydrogen-bond donors (Lipinski definition) is 0. The first-order valence-corrected chi connectivity index (χ1v) is 13.7. The van der Waals surface area contributed by atoms with Crippen LogP contribution in [-0.4, -0.2) is 66.9 Å². The van der Waals surface area contributed by atoms with E-state index >= 15 is 0 Å². The van der Waals surface area contributed by atoms with E-state index in [-0.39, 0.29) is 12.1 Å². The Labute approximate surface area is 196 Å². The van der Waals surface area contributed by atoms with Crippen molar-refractivity contribution in [3.05, 3.63) is 0 Å². The molecular formula is C27H48N2O3. The van der Waals surface area contributed by atoms with Gasteiger partial charge in [0.1, 0.15) is 6.10 Å². The highest BCUT2D eigenvalue weighted by Crippen LogP contribution is 2.39. The second-order valence-corrected chi connectivity index (χ2v) is 11.7. The van der Waals surface area contributed by atoms with Crippen LogP contribution in [0.3, 0.4) is 0 Å². The van der Waals surface area contributed by atoms with Gasteiger partial charge in [-0.1, -0.05) is 40.0 Å². The molecule has 5 heteroatoms. The molecule has 4 fully saturated rings. The Balaban J connectivity index is 1.39. The molecule has 5 atom stereocenters. The van der Waals surface area contributed by atoms with Crippen molar-refractivity contribution < 1.29 is 14.3 Å². The van der Waals surface area contributed by atoms with Crippen LogP contribution in [0.5, 0.6) is 0 Å². The van der Waals surface area contributed by atoms with Crippen LogP contribution in [-0.2, 0) is 14.3 Å². The minimum absolute atomic E-state index is 0.0164. The minimum Gasteiger partial charge on any atom is -0.461 e. The summed E-state index contributed by atoms with van der Waals surface area (Å²) in [7, 11) is 1.86. The van der Waals surface area contributed by atoms with E-state index in [4.69, 9.17) is 9.47 Å². The zero-order chi connectivity index (χ0) is 22.7. The molecule has 0 radical (unpaired) electrons. The molecule has 4 aliphatic rings. The molecule has 2 aliphatic carbocycles. The third-order valence-electron chi connectivity index (χ3n) is 9.20. The highest BCUT2D eigenvalue weighted by Gasteiger charge is 2.44. The Morgan fingerprint density at radius 3 is 2.50 bits per heavy atom. The standard InChI is InChI=1S/C27H48N2O3/c1-19(2)23-14-9-20(3)16-25(23)32-27(30)18-28-17-24(21-10-12-22(31-4)13-11-21)29-15-7-5-6-8-26(28)29/h19-26H,5-18H2,1-4H3. The van der Waals surface area contributed by atoms with Gasteiger partial charge in [-0.3, -0.25) is 14.6 Å². The van der Waals surface area contributed by atoms with E-state index in [2.05, 4.69) is 30.6 Å². The molecule has 2 heterocycles. The summed E-state index contributed by atoms with van der Waals surface area (Å²) < 4.78 is 11.8. The molecule has 2 aliphatic heterocycles. The fourth-order valence-corrected chi connectivity index (χ4v) is 7.28. The van der Waals surface area contributed by atoms with Crippen LogP contribution < -0.4 is 0 Å². The molecule has 0 aromatic heterocycles. The quantitative estimate of drug-likeness (QED) is 0.530. The average Bonchev–Trinajstić information content (AvgIpc) is 2.94.